The maximum Gasteiger partial charge on any atom is 0.303 e. The van der Waals surface area contributed by atoms with Gasteiger partial charge < -0.3 is 5.11 Å². The lowest BCUT2D eigenvalue weighted by Gasteiger charge is -2.28. The fourth-order valence-electron chi connectivity index (χ4n) is 3.75. The molecule has 1 unspecified atom stereocenters. The van der Waals surface area contributed by atoms with Gasteiger partial charge in [-0.1, -0.05) is 30.7 Å². The number of carbonyl (C=O) groups is 1. The van der Waals surface area contributed by atoms with Crippen LogP contribution < -0.4 is 4.72 Å². The van der Waals surface area contributed by atoms with Gasteiger partial charge in [-0.2, -0.15) is 17.4 Å². The average Bonchev–Trinajstić information content (AvgIpc) is 2.73. The number of hydrogen-bond donors (Lipinski definition) is 2. The molecule has 1 aromatic heterocycles. The number of aromatic nitrogens is 1. The molecular formula is C22H29N3O4S. The molecule has 1 aromatic carbocycles. The fraction of sp³-hybridized carbons (Fsp3) is 0.455. The van der Waals surface area contributed by atoms with Crippen molar-refractivity contribution in [3.05, 3.63) is 65.0 Å². The van der Waals surface area contributed by atoms with Gasteiger partial charge in [-0.15, -0.1) is 0 Å². The lowest BCUT2D eigenvalue weighted by molar-refractivity contribution is -0.136. The van der Waals surface area contributed by atoms with Crippen LogP contribution in [0.5, 0.6) is 0 Å². The Morgan fingerprint density at radius 3 is 2.57 bits per heavy atom. The van der Waals surface area contributed by atoms with Crippen molar-refractivity contribution in [3.63, 3.8) is 0 Å². The smallest absolute Gasteiger partial charge is 0.303 e. The van der Waals surface area contributed by atoms with Crippen LogP contribution in [0, 0.1) is 0 Å². The summed E-state index contributed by atoms with van der Waals surface area (Å²) >= 11 is 0. The molecule has 2 heterocycles. The Balaban J connectivity index is 1.82. The number of aliphatic carboxylic acids is 1. The molecule has 30 heavy (non-hydrogen) atoms. The molecule has 162 valence electrons. The normalized spacial score (nSPS) is 16.3. The summed E-state index contributed by atoms with van der Waals surface area (Å²) < 4.78 is 29.9. The molecule has 1 fully saturated rings. The highest BCUT2D eigenvalue weighted by molar-refractivity contribution is 7.87. The molecule has 0 bridgehead atoms. The van der Waals surface area contributed by atoms with E-state index in [1.165, 1.54) is 4.31 Å². The maximum atomic E-state index is 12.8. The van der Waals surface area contributed by atoms with Gasteiger partial charge in [0.2, 0.25) is 0 Å². The lowest BCUT2D eigenvalue weighted by atomic mass is 9.96. The minimum atomic E-state index is -3.56. The molecule has 8 heteroatoms. The third-order valence-corrected chi connectivity index (χ3v) is 7.01. The molecule has 2 aromatic rings. The molecule has 3 rings (SSSR count). The van der Waals surface area contributed by atoms with Gasteiger partial charge in [0.15, 0.2) is 0 Å². The minimum Gasteiger partial charge on any atom is -0.481 e. The quantitative estimate of drug-likeness (QED) is 0.636. The summed E-state index contributed by atoms with van der Waals surface area (Å²) in [7, 11) is -3.56. The molecule has 1 atom stereocenters. The first-order valence-corrected chi connectivity index (χ1v) is 11.8. The second-order valence-corrected chi connectivity index (χ2v) is 9.52. The van der Waals surface area contributed by atoms with E-state index in [-0.39, 0.29) is 6.42 Å². The summed E-state index contributed by atoms with van der Waals surface area (Å²) in [6.45, 7) is 2.92. The van der Waals surface area contributed by atoms with Crippen molar-refractivity contribution in [3.8, 4) is 0 Å². The highest BCUT2D eigenvalue weighted by atomic mass is 32.2. The van der Waals surface area contributed by atoms with Crippen molar-refractivity contribution in [1.82, 2.24) is 14.0 Å². The zero-order valence-corrected chi connectivity index (χ0v) is 18.1. The molecule has 1 saturated heterocycles. The van der Waals surface area contributed by atoms with Crippen LogP contribution in [0.2, 0.25) is 0 Å². The second-order valence-electron chi connectivity index (χ2n) is 7.82. The number of nitrogens with zero attached hydrogens (tertiary/aromatic N) is 2. The van der Waals surface area contributed by atoms with Crippen molar-refractivity contribution >= 4 is 16.2 Å². The van der Waals surface area contributed by atoms with E-state index in [4.69, 9.17) is 5.11 Å². The van der Waals surface area contributed by atoms with Gasteiger partial charge in [-0.3, -0.25) is 9.78 Å². The Morgan fingerprint density at radius 1 is 1.17 bits per heavy atom. The van der Waals surface area contributed by atoms with Crippen molar-refractivity contribution in [2.45, 2.75) is 51.5 Å². The summed E-state index contributed by atoms with van der Waals surface area (Å²) in [6.07, 6.45) is 7.42. The number of aryl methyl sites for hydroxylation is 1. The number of rotatable bonds is 9. The molecule has 0 radical (unpaired) electrons. The predicted octanol–water partition coefficient (Wildman–Crippen LogP) is 3.07. The van der Waals surface area contributed by atoms with Gasteiger partial charge in [-0.25, -0.2) is 0 Å². The van der Waals surface area contributed by atoms with Crippen molar-refractivity contribution in [2.24, 2.45) is 0 Å². The van der Waals surface area contributed by atoms with E-state index in [1.54, 1.807) is 12.4 Å². The maximum absolute atomic E-state index is 12.8. The summed E-state index contributed by atoms with van der Waals surface area (Å²) in [6, 6.07) is 9.32. The summed E-state index contributed by atoms with van der Waals surface area (Å²) in [5.41, 5.74) is 3.76. The standard InChI is InChI=1S/C22H29N3O4S/c1-17(24-30(28,29)25-10-3-2-4-11-25)21-14-18(7-8-22(26)27)12-20(15-21)13-19-6-5-9-23-16-19/h5-6,9,12,14-17,24H,2-4,7-8,10-11,13H2,1H3,(H,26,27). The molecule has 0 amide bonds. The third kappa shape index (κ3) is 6.35. The first kappa shape index (κ1) is 22.4. The molecule has 1 aliphatic heterocycles. The zero-order chi connectivity index (χ0) is 21.6. The summed E-state index contributed by atoms with van der Waals surface area (Å²) in [5, 5.41) is 9.05. The number of carboxylic acid groups (broad SMARTS) is 1. The van der Waals surface area contributed by atoms with Crippen molar-refractivity contribution < 1.29 is 18.3 Å². The van der Waals surface area contributed by atoms with Crippen LogP contribution in [0.4, 0.5) is 0 Å². The number of hydrogen-bond acceptors (Lipinski definition) is 4. The highest BCUT2D eigenvalue weighted by Gasteiger charge is 2.26. The van der Waals surface area contributed by atoms with Gasteiger partial charge in [0.05, 0.1) is 0 Å². The van der Waals surface area contributed by atoms with E-state index in [9.17, 15) is 13.2 Å². The predicted molar refractivity (Wildman–Crippen MR) is 115 cm³/mol. The Kier molecular flexibility index (Phi) is 7.58. The molecule has 1 aliphatic rings. The molecular weight excluding hydrogens is 402 g/mol. The van der Waals surface area contributed by atoms with E-state index in [2.05, 4.69) is 9.71 Å². The first-order chi connectivity index (χ1) is 14.3. The van der Waals surface area contributed by atoms with Gasteiger partial charge in [0, 0.05) is 37.9 Å². The van der Waals surface area contributed by atoms with Crippen LogP contribution in [0.25, 0.3) is 0 Å². The zero-order valence-electron chi connectivity index (χ0n) is 17.3. The van der Waals surface area contributed by atoms with E-state index in [1.807, 2.05) is 37.3 Å². The molecule has 2 N–H and O–H groups in total. The Morgan fingerprint density at radius 2 is 1.90 bits per heavy atom. The monoisotopic (exact) mass is 431 g/mol. The highest BCUT2D eigenvalue weighted by Crippen LogP contribution is 2.22. The van der Waals surface area contributed by atoms with Crippen molar-refractivity contribution in [2.75, 3.05) is 13.1 Å². The third-order valence-electron chi connectivity index (χ3n) is 5.31. The van der Waals surface area contributed by atoms with Gasteiger partial charge >= 0.3 is 5.97 Å². The number of nitrogens with one attached hydrogen (secondary N) is 1. The minimum absolute atomic E-state index is 0.0314. The van der Waals surface area contributed by atoms with E-state index in [0.29, 0.717) is 25.9 Å². The fourth-order valence-corrected chi connectivity index (χ4v) is 5.22. The molecule has 0 spiro atoms. The Hall–Kier alpha value is -2.29. The van der Waals surface area contributed by atoms with E-state index in [0.717, 1.165) is 41.5 Å². The number of piperidine rings is 1. The van der Waals surface area contributed by atoms with Gasteiger partial charge in [-0.05, 0) is 60.9 Å². The molecule has 0 saturated carbocycles. The largest absolute Gasteiger partial charge is 0.481 e. The second kappa shape index (κ2) is 10.1. The van der Waals surface area contributed by atoms with Crippen LogP contribution in [0.1, 0.15) is 60.9 Å². The number of pyridine rings is 1. The van der Waals surface area contributed by atoms with E-state index >= 15 is 0 Å². The number of carboxylic acids is 1. The summed E-state index contributed by atoms with van der Waals surface area (Å²) in [5.74, 6) is -0.854. The topological polar surface area (TPSA) is 99.6 Å². The average molecular weight is 432 g/mol. The van der Waals surface area contributed by atoms with Gasteiger partial charge in [0.25, 0.3) is 10.2 Å². The molecule has 0 aliphatic carbocycles. The Bertz CT molecular complexity index is 958. The Labute approximate surface area is 178 Å². The van der Waals surface area contributed by atoms with Gasteiger partial charge in [0.1, 0.15) is 0 Å². The van der Waals surface area contributed by atoms with Crippen LogP contribution in [-0.4, -0.2) is 41.9 Å². The lowest BCUT2D eigenvalue weighted by Crippen LogP contribution is -2.44. The SMILES string of the molecule is CC(NS(=O)(=O)N1CCCCC1)c1cc(CCC(=O)O)cc(Cc2cccnc2)c1. The summed E-state index contributed by atoms with van der Waals surface area (Å²) in [4.78, 5) is 15.2. The van der Waals surface area contributed by atoms with Crippen LogP contribution in [0.15, 0.2) is 42.7 Å². The van der Waals surface area contributed by atoms with Crippen molar-refractivity contribution in [1.29, 1.82) is 0 Å². The van der Waals surface area contributed by atoms with Crippen LogP contribution >= 0.6 is 0 Å². The molecule has 7 nitrogen and oxygen atoms in total. The first-order valence-electron chi connectivity index (χ1n) is 10.3. The van der Waals surface area contributed by atoms with Crippen LogP contribution in [-0.2, 0) is 27.8 Å². The van der Waals surface area contributed by atoms with Crippen LogP contribution in [0.3, 0.4) is 0 Å². The van der Waals surface area contributed by atoms with E-state index < -0.39 is 22.2 Å². The number of benzene rings is 1.